The number of benzene rings is 6. The largest absolute Gasteiger partial charge is 0.289 e. The van der Waals surface area contributed by atoms with E-state index in [9.17, 15) is 13.6 Å². The molecule has 180 valence electrons. The van der Waals surface area contributed by atoms with Gasteiger partial charge in [-0.25, -0.2) is 8.78 Å². The molecule has 1 nitrogen and oxygen atoms in total. The number of carbonyl (C=O) groups is 1. The molecule has 0 bridgehead atoms. The fourth-order valence-electron chi connectivity index (χ4n) is 5.16. The molecule has 0 radical (unpaired) electrons. The number of rotatable bonds is 3. The Kier molecular flexibility index (Phi) is 5.71. The molecule has 0 aliphatic rings. The summed E-state index contributed by atoms with van der Waals surface area (Å²) >= 11 is 12.3. The highest BCUT2D eigenvalue weighted by Gasteiger charge is 2.24. The highest BCUT2D eigenvalue weighted by molar-refractivity contribution is 6.33. The van der Waals surface area contributed by atoms with Crippen LogP contribution in [0.25, 0.3) is 43.4 Å². The van der Waals surface area contributed by atoms with E-state index in [1.54, 1.807) is 48.5 Å². The summed E-state index contributed by atoms with van der Waals surface area (Å²) < 4.78 is 29.4. The summed E-state index contributed by atoms with van der Waals surface area (Å²) in [5.74, 6) is -1.13. The monoisotopic (exact) mass is 526 g/mol. The molecule has 6 aromatic rings. The molecule has 6 aromatic carbocycles. The average molecular weight is 527 g/mol. The van der Waals surface area contributed by atoms with Gasteiger partial charge in [0.1, 0.15) is 11.6 Å². The second kappa shape index (κ2) is 8.95. The zero-order chi connectivity index (χ0) is 25.8. The zero-order valence-electron chi connectivity index (χ0n) is 19.6. The predicted octanol–water partition coefficient (Wildman–Crippen LogP) is 9.94. The van der Waals surface area contributed by atoms with Crippen molar-refractivity contribution >= 4 is 61.3 Å². The van der Waals surface area contributed by atoms with Crippen LogP contribution in [0.4, 0.5) is 8.78 Å². The molecule has 5 heteroatoms. The third-order valence-corrected chi connectivity index (χ3v) is 7.32. The summed E-state index contributed by atoms with van der Waals surface area (Å²) in [5.41, 5.74) is 3.01. The normalized spacial score (nSPS) is 11.5. The van der Waals surface area contributed by atoms with Crippen LogP contribution in [0.3, 0.4) is 0 Å². The molecular weight excluding hydrogens is 509 g/mol. The van der Waals surface area contributed by atoms with E-state index in [-0.39, 0.29) is 11.6 Å². The first-order chi connectivity index (χ1) is 17.8. The predicted molar refractivity (Wildman–Crippen MR) is 149 cm³/mol. The van der Waals surface area contributed by atoms with Crippen molar-refractivity contribution in [3.05, 3.63) is 129 Å². The Balaban J connectivity index is 1.90. The van der Waals surface area contributed by atoms with E-state index in [1.165, 1.54) is 24.3 Å². The number of fused-ring (bicyclic) bond motifs is 5. The van der Waals surface area contributed by atoms with Crippen LogP contribution in [-0.2, 0) is 0 Å². The lowest BCUT2D eigenvalue weighted by atomic mass is 9.82. The summed E-state index contributed by atoms with van der Waals surface area (Å²) in [4.78, 5) is 14.2. The number of ketones is 1. The molecule has 0 aromatic heterocycles. The van der Waals surface area contributed by atoms with Crippen LogP contribution in [-0.4, -0.2) is 5.78 Å². The lowest BCUT2D eigenvalue weighted by Gasteiger charge is -2.20. The minimum atomic E-state index is -0.456. The second-order valence-corrected chi connectivity index (χ2v) is 9.96. The summed E-state index contributed by atoms with van der Waals surface area (Å²) in [6, 6.07) is 24.9. The van der Waals surface area contributed by atoms with E-state index in [0.717, 1.165) is 21.7 Å². The molecule has 0 N–H and O–H groups in total. The molecule has 0 spiro atoms. The van der Waals surface area contributed by atoms with Gasteiger partial charge in [0.25, 0.3) is 0 Å². The van der Waals surface area contributed by atoms with Gasteiger partial charge >= 0.3 is 0 Å². The summed E-state index contributed by atoms with van der Waals surface area (Å²) in [6.45, 7) is 1.96. The number of carbonyl (C=O) groups excluding carboxylic acids is 1. The van der Waals surface area contributed by atoms with E-state index >= 15 is 0 Å². The fraction of sp³-hybridized carbons (Fsp3) is 0.0312. The first-order valence-electron chi connectivity index (χ1n) is 11.7. The molecule has 0 heterocycles. The lowest BCUT2D eigenvalue weighted by molar-refractivity contribution is 0.104. The van der Waals surface area contributed by atoms with Crippen LogP contribution in [0.1, 0.15) is 21.5 Å². The SMILES string of the molecule is Cc1cc2c3ccc(F)cc3c(C(=O)c3ccc(Cl)cc3)c(-c3ccc(Cl)cc3)c2c2cc(F)ccc12. The van der Waals surface area contributed by atoms with Gasteiger partial charge in [-0.1, -0.05) is 53.5 Å². The van der Waals surface area contributed by atoms with Gasteiger partial charge in [-0.15, -0.1) is 0 Å². The maximum atomic E-state index is 14.7. The summed E-state index contributed by atoms with van der Waals surface area (Å²) in [7, 11) is 0. The van der Waals surface area contributed by atoms with Crippen molar-refractivity contribution in [1.82, 2.24) is 0 Å². The highest BCUT2D eigenvalue weighted by Crippen LogP contribution is 2.44. The van der Waals surface area contributed by atoms with Crippen LogP contribution < -0.4 is 0 Å². The minimum absolute atomic E-state index is 0.288. The molecule has 6 rings (SSSR count). The number of halogens is 4. The standard InChI is InChI=1S/C32H18Cl2F2O/c1-17-14-26-25-13-11-23(36)16-28(25)31(32(37)19-4-8-21(34)9-5-19)29(18-2-6-20(33)7-3-18)30(26)27-15-22(35)10-12-24(17)27/h2-16H,1H3. The molecule has 0 amide bonds. The Morgan fingerprint density at radius 3 is 1.81 bits per heavy atom. The molecule has 37 heavy (non-hydrogen) atoms. The molecular formula is C32H18Cl2F2O. The Morgan fingerprint density at radius 2 is 1.16 bits per heavy atom. The molecule has 0 atom stereocenters. The summed E-state index contributed by atoms with van der Waals surface area (Å²) in [5, 5.41) is 5.31. The van der Waals surface area contributed by atoms with E-state index in [2.05, 4.69) is 0 Å². The third kappa shape index (κ3) is 3.96. The molecule has 0 aliphatic carbocycles. The Morgan fingerprint density at radius 1 is 0.622 bits per heavy atom. The maximum absolute atomic E-state index is 14.7. The van der Waals surface area contributed by atoms with Gasteiger partial charge in [-0.05, 0) is 111 Å². The molecule has 0 aliphatic heterocycles. The van der Waals surface area contributed by atoms with Crippen LogP contribution in [0.2, 0.25) is 10.0 Å². The van der Waals surface area contributed by atoms with Gasteiger partial charge < -0.3 is 0 Å². The van der Waals surface area contributed by atoms with Crippen molar-refractivity contribution in [1.29, 1.82) is 0 Å². The van der Waals surface area contributed by atoms with Crippen LogP contribution in [0.5, 0.6) is 0 Å². The molecule has 0 fully saturated rings. The molecule has 0 saturated carbocycles. The van der Waals surface area contributed by atoms with Crippen LogP contribution in [0.15, 0.2) is 91.0 Å². The quantitative estimate of drug-likeness (QED) is 0.165. The Labute approximate surface area is 221 Å². The van der Waals surface area contributed by atoms with Gasteiger partial charge in [0.2, 0.25) is 0 Å². The zero-order valence-corrected chi connectivity index (χ0v) is 21.1. The minimum Gasteiger partial charge on any atom is -0.289 e. The Bertz CT molecular complexity index is 1880. The maximum Gasteiger partial charge on any atom is 0.194 e. The van der Waals surface area contributed by atoms with Crippen molar-refractivity contribution in [3.63, 3.8) is 0 Å². The van der Waals surface area contributed by atoms with Crippen LogP contribution >= 0.6 is 23.2 Å². The van der Waals surface area contributed by atoms with Crippen molar-refractivity contribution < 1.29 is 13.6 Å². The highest BCUT2D eigenvalue weighted by atomic mass is 35.5. The summed E-state index contributed by atoms with van der Waals surface area (Å²) in [6.07, 6.45) is 0. The van der Waals surface area contributed by atoms with E-state index in [1.807, 2.05) is 25.1 Å². The van der Waals surface area contributed by atoms with E-state index in [4.69, 9.17) is 23.2 Å². The topological polar surface area (TPSA) is 17.1 Å². The van der Waals surface area contributed by atoms with Gasteiger partial charge in [0.05, 0.1) is 0 Å². The first kappa shape index (κ1) is 23.6. The van der Waals surface area contributed by atoms with Gasteiger partial charge in [0.15, 0.2) is 5.78 Å². The van der Waals surface area contributed by atoms with Crippen molar-refractivity contribution in [2.24, 2.45) is 0 Å². The molecule has 0 saturated heterocycles. The van der Waals surface area contributed by atoms with Crippen molar-refractivity contribution in [2.75, 3.05) is 0 Å². The smallest absolute Gasteiger partial charge is 0.194 e. The lowest BCUT2D eigenvalue weighted by Crippen LogP contribution is -2.06. The van der Waals surface area contributed by atoms with Crippen LogP contribution in [0, 0.1) is 18.6 Å². The van der Waals surface area contributed by atoms with Gasteiger partial charge in [-0.3, -0.25) is 4.79 Å². The fourth-order valence-corrected chi connectivity index (χ4v) is 5.42. The average Bonchev–Trinajstić information content (AvgIpc) is 2.88. The van der Waals surface area contributed by atoms with E-state index in [0.29, 0.717) is 48.5 Å². The molecule has 0 unspecified atom stereocenters. The van der Waals surface area contributed by atoms with Crippen molar-refractivity contribution in [3.8, 4) is 11.1 Å². The first-order valence-corrected chi connectivity index (χ1v) is 12.4. The Hall–Kier alpha value is -3.79. The number of hydrogen-bond donors (Lipinski definition) is 0. The second-order valence-electron chi connectivity index (χ2n) is 9.09. The van der Waals surface area contributed by atoms with E-state index < -0.39 is 5.82 Å². The van der Waals surface area contributed by atoms with Crippen molar-refractivity contribution in [2.45, 2.75) is 6.92 Å². The van der Waals surface area contributed by atoms with Gasteiger partial charge in [0, 0.05) is 26.7 Å². The van der Waals surface area contributed by atoms with Gasteiger partial charge in [-0.2, -0.15) is 0 Å². The number of hydrogen-bond acceptors (Lipinski definition) is 1. The number of aryl methyl sites for hydroxylation is 1. The third-order valence-electron chi connectivity index (χ3n) is 6.81.